The van der Waals surface area contributed by atoms with Crippen molar-refractivity contribution in [3.05, 3.63) is 59.4 Å². The van der Waals surface area contributed by atoms with E-state index >= 15 is 0 Å². The van der Waals surface area contributed by atoms with Gasteiger partial charge in [0.25, 0.3) is 0 Å². The molecule has 1 aliphatic rings. The van der Waals surface area contributed by atoms with Crippen molar-refractivity contribution in [3.8, 4) is 5.75 Å². The van der Waals surface area contributed by atoms with Crippen LogP contribution in [0.1, 0.15) is 29.8 Å². The van der Waals surface area contributed by atoms with Crippen LogP contribution in [0.15, 0.2) is 42.5 Å². The third-order valence-electron chi connectivity index (χ3n) is 3.95. The first-order chi connectivity index (χ1) is 11.4. The predicted molar refractivity (Wildman–Crippen MR) is 92.1 cm³/mol. The first-order valence-electron chi connectivity index (χ1n) is 7.99. The van der Waals surface area contributed by atoms with E-state index in [4.69, 9.17) is 4.74 Å². The van der Waals surface area contributed by atoms with Crippen molar-refractivity contribution in [2.24, 2.45) is 0 Å². The topological polar surface area (TPSA) is 50.4 Å². The summed E-state index contributed by atoms with van der Waals surface area (Å²) in [6.07, 6.45) is 0. The quantitative estimate of drug-likeness (QED) is 0.826. The Bertz CT molecular complexity index is 759. The standard InChI is InChI=1S/C19H21FN2O2/c1-19(2)12-22-16-9-13(7-8-18(16)24-19)17(23)11-21-10-14-5-3-4-6-15(14)20/h3-9,21-22H,10-12H2,1-2H3. The number of hydrogen-bond acceptors (Lipinski definition) is 4. The molecular weight excluding hydrogens is 307 g/mol. The predicted octanol–water partition coefficient (Wildman–Crippen LogP) is 3.38. The minimum Gasteiger partial charge on any atom is -0.484 e. The van der Waals surface area contributed by atoms with E-state index < -0.39 is 0 Å². The number of hydrogen-bond donors (Lipinski definition) is 2. The Morgan fingerprint density at radius 2 is 2.08 bits per heavy atom. The van der Waals surface area contributed by atoms with Crippen LogP contribution in [-0.2, 0) is 6.54 Å². The van der Waals surface area contributed by atoms with Gasteiger partial charge in [0.05, 0.1) is 18.8 Å². The minimum absolute atomic E-state index is 0.0410. The Morgan fingerprint density at radius 3 is 2.88 bits per heavy atom. The second-order valence-corrected chi connectivity index (χ2v) is 6.54. The average molecular weight is 328 g/mol. The van der Waals surface area contributed by atoms with Crippen molar-refractivity contribution >= 4 is 11.5 Å². The van der Waals surface area contributed by atoms with Crippen LogP contribution in [0.5, 0.6) is 5.75 Å². The number of carbonyl (C=O) groups is 1. The van der Waals surface area contributed by atoms with Gasteiger partial charge >= 0.3 is 0 Å². The van der Waals surface area contributed by atoms with Crippen LogP contribution in [0.3, 0.4) is 0 Å². The van der Waals surface area contributed by atoms with Gasteiger partial charge in [0.15, 0.2) is 5.78 Å². The summed E-state index contributed by atoms with van der Waals surface area (Å²) in [5.74, 6) is 0.443. The van der Waals surface area contributed by atoms with E-state index in [-0.39, 0.29) is 23.7 Å². The fourth-order valence-electron chi connectivity index (χ4n) is 2.63. The molecule has 1 aliphatic heterocycles. The average Bonchev–Trinajstić information content (AvgIpc) is 2.55. The number of carbonyl (C=O) groups excluding carboxylic acids is 1. The largest absolute Gasteiger partial charge is 0.484 e. The fourth-order valence-corrected chi connectivity index (χ4v) is 2.63. The molecule has 0 atom stereocenters. The van der Waals surface area contributed by atoms with E-state index in [1.54, 1.807) is 30.3 Å². The molecule has 5 heteroatoms. The minimum atomic E-state index is -0.268. The van der Waals surface area contributed by atoms with E-state index in [2.05, 4.69) is 10.6 Å². The van der Waals surface area contributed by atoms with E-state index in [1.165, 1.54) is 6.07 Å². The summed E-state index contributed by atoms with van der Waals surface area (Å²) >= 11 is 0. The van der Waals surface area contributed by atoms with Crippen LogP contribution >= 0.6 is 0 Å². The number of rotatable bonds is 5. The van der Waals surface area contributed by atoms with Crippen LogP contribution in [-0.4, -0.2) is 24.5 Å². The highest BCUT2D eigenvalue weighted by atomic mass is 19.1. The number of anilines is 1. The number of fused-ring (bicyclic) bond motifs is 1. The summed E-state index contributed by atoms with van der Waals surface area (Å²) in [4.78, 5) is 12.3. The Kier molecular flexibility index (Phi) is 4.53. The van der Waals surface area contributed by atoms with E-state index in [9.17, 15) is 9.18 Å². The fraction of sp³-hybridized carbons (Fsp3) is 0.316. The highest BCUT2D eigenvalue weighted by Crippen LogP contribution is 2.33. The lowest BCUT2D eigenvalue weighted by Crippen LogP contribution is -2.40. The number of halogens is 1. The molecule has 0 spiro atoms. The van der Waals surface area contributed by atoms with Gasteiger partial charge in [-0.2, -0.15) is 0 Å². The molecule has 0 unspecified atom stereocenters. The summed E-state index contributed by atoms with van der Waals surface area (Å²) in [6.45, 7) is 5.17. The van der Waals surface area contributed by atoms with E-state index in [0.717, 1.165) is 11.4 Å². The van der Waals surface area contributed by atoms with Crippen LogP contribution in [0.25, 0.3) is 0 Å². The molecule has 0 aromatic heterocycles. The summed E-state index contributed by atoms with van der Waals surface area (Å²) in [7, 11) is 0. The van der Waals surface area contributed by atoms with E-state index in [0.29, 0.717) is 24.2 Å². The third kappa shape index (κ3) is 3.74. The maximum absolute atomic E-state index is 13.5. The monoisotopic (exact) mass is 328 g/mol. The Hall–Kier alpha value is -2.40. The van der Waals surface area contributed by atoms with E-state index in [1.807, 2.05) is 19.9 Å². The molecule has 4 nitrogen and oxygen atoms in total. The van der Waals surface area contributed by atoms with Gasteiger partial charge in [-0.1, -0.05) is 18.2 Å². The molecule has 0 fully saturated rings. The highest BCUT2D eigenvalue weighted by Gasteiger charge is 2.26. The molecule has 0 saturated carbocycles. The third-order valence-corrected chi connectivity index (χ3v) is 3.95. The first kappa shape index (κ1) is 16.5. The normalized spacial score (nSPS) is 15.1. The van der Waals surface area contributed by atoms with Gasteiger partial charge in [-0.15, -0.1) is 0 Å². The van der Waals surface area contributed by atoms with Gasteiger partial charge in [-0.3, -0.25) is 4.79 Å². The van der Waals surface area contributed by atoms with Crippen molar-refractivity contribution in [2.45, 2.75) is 26.0 Å². The van der Waals surface area contributed by atoms with Crippen LogP contribution in [0.4, 0.5) is 10.1 Å². The smallest absolute Gasteiger partial charge is 0.176 e. The zero-order valence-electron chi connectivity index (χ0n) is 13.9. The van der Waals surface area contributed by atoms with Crippen LogP contribution < -0.4 is 15.4 Å². The molecule has 1 heterocycles. The van der Waals surface area contributed by atoms with Crippen LogP contribution in [0.2, 0.25) is 0 Å². The van der Waals surface area contributed by atoms with Gasteiger partial charge in [0.1, 0.15) is 17.2 Å². The molecule has 0 radical (unpaired) electrons. The molecule has 126 valence electrons. The lowest BCUT2D eigenvalue weighted by molar-refractivity contribution is 0.0990. The van der Waals surface area contributed by atoms with Gasteiger partial charge < -0.3 is 15.4 Å². The molecule has 0 amide bonds. The molecule has 0 bridgehead atoms. The SMILES string of the molecule is CC1(C)CNc2cc(C(=O)CNCc3ccccc3F)ccc2O1. The van der Waals surface area contributed by atoms with Crippen molar-refractivity contribution < 1.29 is 13.9 Å². The molecule has 2 N–H and O–H groups in total. The molecule has 2 aromatic carbocycles. The lowest BCUT2D eigenvalue weighted by Gasteiger charge is -2.33. The van der Waals surface area contributed by atoms with Crippen molar-refractivity contribution in [3.63, 3.8) is 0 Å². The molecule has 3 rings (SSSR count). The summed E-state index contributed by atoms with van der Waals surface area (Å²) < 4.78 is 19.4. The van der Waals surface area contributed by atoms with Crippen LogP contribution in [0, 0.1) is 5.82 Å². The zero-order chi connectivity index (χ0) is 17.2. The van der Waals surface area contributed by atoms with Crippen molar-refractivity contribution in [2.75, 3.05) is 18.4 Å². The Labute approximate surface area is 141 Å². The number of benzene rings is 2. The maximum atomic E-state index is 13.5. The highest BCUT2D eigenvalue weighted by molar-refractivity contribution is 5.98. The zero-order valence-corrected chi connectivity index (χ0v) is 13.9. The maximum Gasteiger partial charge on any atom is 0.176 e. The lowest BCUT2D eigenvalue weighted by atomic mass is 10.0. The number of ether oxygens (including phenoxy) is 1. The van der Waals surface area contributed by atoms with Gasteiger partial charge in [-0.05, 0) is 38.1 Å². The molecule has 24 heavy (non-hydrogen) atoms. The van der Waals surface area contributed by atoms with Gasteiger partial charge in [-0.25, -0.2) is 4.39 Å². The Morgan fingerprint density at radius 1 is 1.29 bits per heavy atom. The molecule has 0 aliphatic carbocycles. The summed E-state index contributed by atoms with van der Waals surface area (Å²) in [5, 5.41) is 6.28. The summed E-state index contributed by atoms with van der Waals surface area (Å²) in [6, 6.07) is 11.9. The molecule has 2 aromatic rings. The molecular formula is C19H21FN2O2. The number of Topliss-reactive ketones (excluding diaryl/α,β-unsaturated/α-hetero) is 1. The van der Waals surface area contributed by atoms with Gasteiger partial charge in [0.2, 0.25) is 0 Å². The summed E-state index contributed by atoms with van der Waals surface area (Å²) in [5.41, 5.74) is 1.72. The van der Waals surface area contributed by atoms with Crippen molar-refractivity contribution in [1.82, 2.24) is 5.32 Å². The van der Waals surface area contributed by atoms with Crippen molar-refractivity contribution in [1.29, 1.82) is 0 Å². The Balaban J connectivity index is 1.61. The second-order valence-electron chi connectivity index (χ2n) is 6.54. The number of nitrogens with one attached hydrogen (secondary N) is 2. The number of ketones is 1. The first-order valence-corrected chi connectivity index (χ1v) is 7.99. The second kappa shape index (κ2) is 6.61. The molecule has 0 saturated heterocycles. The van der Waals surface area contributed by atoms with Gasteiger partial charge in [0, 0.05) is 17.7 Å².